The fraction of sp³-hybridized carbons (Fsp3) is 0.0769. The summed E-state index contributed by atoms with van der Waals surface area (Å²) in [6, 6.07) is 5.39. The summed E-state index contributed by atoms with van der Waals surface area (Å²) < 4.78 is 0.919. The molecule has 0 aliphatic heterocycles. The Hall–Kier alpha value is -2.05. The Morgan fingerprint density at radius 3 is 2.90 bits per heavy atom. The second-order valence-electron chi connectivity index (χ2n) is 4.13. The molecule has 0 atom stereocenters. The minimum Gasteiger partial charge on any atom is -0.296 e. The fourth-order valence-corrected chi connectivity index (χ4v) is 2.76. The number of fused-ring (bicyclic) bond motifs is 1. The maximum absolute atomic E-state index is 12.0. The van der Waals surface area contributed by atoms with Crippen LogP contribution < -0.4 is 5.32 Å². The average molecular weight is 305 g/mol. The highest BCUT2D eigenvalue weighted by molar-refractivity contribution is 7.22. The number of rotatable bonds is 2. The van der Waals surface area contributed by atoms with E-state index in [4.69, 9.17) is 11.6 Å². The molecule has 0 bridgehead atoms. The SMILES string of the molecule is Cc1cnc(C(=O)Nc2nc3ccc(Cl)cc3s2)cn1. The minimum atomic E-state index is -0.331. The number of anilines is 1. The van der Waals surface area contributed by atoms with Crippen molar-refractivity contribution in [2.45, 2.75) is 6.92 Å². The summed E-state index contributed by atoms with van der Waals surface area (Å²) in [5.74, 6) is -0.331. The smallest absolute Gasteiger partial charge is 0.277 e. The van der Waals surface area contributed by atoms with E-state index in [1.807, 2.05) is 19.1 Å². The van der Waals surface area contributed by atoms with Gasteiger partial charge in [-0.25, -0.2) is 9.97 Å². The van der Waals surface area contributed by atoms with E-state index in [1.165, 1.54) is 17.5 Å². The van der Waals surface area contributed by atoms with Crippen LogP contribution >= 0.6 is 22.9 Å². The zero-order chi connectivity index (χ0) is 14.1. The Morgan fingerprint density at radius 1 is 1.30 bits per heavy atom. The number of carbonyl (C=O) groups excluding carboxylic acids is 1. The number of aromatic nitrogens is 3. The fourth-order valence-electron chi connectivity index (χ4n) is 1.62. The van der Waals surface area contributed by atoms with Gasteiger partial charge in [-0.2, -0.15) is 0 Å². The lowest BCUT2D eigenvalue weighted by Crippen LogP contribution is -2.13. The molecule has 0 unspecified atom stereocenters. The second kappa shape index (κ2) is 5.15. The van der Waals surface area contributed by atoms with E-state index in [0.717, 1.165) is 15.9 Å². The van der Waals surface area contributed by atoms with Gasteiger partial charge >= 0.3 is 0 Å². The zero-order valence-corrected chi connectivity index (χ0v) is 12.0. The number of nitrogens with one attached hydrogen (secondary N) is 1. The Bertz CT molecular complexity index is 785. The van der Waals surface area contributed by atoms with Gasteiger partial charge in [0.15, 0.2) is 5.13 Å². The third kappa shape index (κ3) is 2.61. The van der Waals surface area contributed by atoms with Gasteiger partial charge in [-0.05, 0) is 25.1 Å². The minimum absolute atomic E-state index is 0.257. The molecule has 0 saturated heterocycles. The Kier molecular flexibility index (Phi) is 3.33. The van der Waals surface area contributed by atoms with Crippen LogP contribution in [0.2, 0.25) is 5.02 Å². The molecule has 3 rings (SSSR count). The summed E-state index contributed by atoms with van der Waals surface area (Å²) in [5.41, 5.74) is 1.81. The average Bonchev–Trinajstić information content (AvgIpc) is 2.80. The lowest BCUT2D eigenvalue weighted by Gasteiger charge is -2.00. The first-order valence-corrected chi connectivity index (χ1v) is 6.97. The van der Waals surface area contributed by atoms with Gasteiger partial charge in [-0.3, -0.25) is 15.1 Å². The third-order valence-corrected chi connectivity index (χ3v) is 3.75. The quantitative estimate of drug-likeness (QED) is 0.788. The molecule has 7 heteroatoms. The maximum Gasteiger partial charge on any atom is 0.277 e. The van der Waals surface area contributed by atoms with Crippen LogP contribution in [0.1, 0.15) is 16.2 Å². The van der Waals surface area contributed by atoms with Gasteiger partial charge in [0.05, 0.1) is 22.1 Å². The van der Waals surface area contributed by atoms with Crippen LogP contribution in [0.5, 0.6) is 0 Å². The number of benzene rings is 1. The van der Waals surface area contributed by atoms with Crippen LogP contribution in [0.15, 0.2) is 30.6 Å². The molecule has 2 aromatic heterocycles. The summed E-state index contributed by atoms with van der Waals surface area (Å²) >= 11 is 7.28. The van der Waals surface area contributed by atoms with Crippen molar-refractivity contribution >= 4 is 44.2 Å². The van der Waals surface area contributed by atoms with Gasteiger partial charge < -0.3 is 0 Å². The van der Waals surface area contributed by atoms with Crippen LogP contribution in [0, 0.1) is 6.92 Å². The highest BCUT2D eigenvalue weighted by Gasteiger charge is 2.11. The first-order chi connectivity index (χ1) is 9.61. The Morgan fingerprint density at radius 2 is 2.15 bits per heavy atom. The largest absolute Gasteiger partial charge is 0.296 e. The van der Waals surface area contributed by atoms with Crippen molar-refractivity contribution < 1.29 is 4.79 Å². The first kappa shape index (κ1) is 13.0. The van der Waals surface area contributed by atoms with E-state index in [1.54, 1.807) is 12.3 Å². The molecule has 0 radical (unpaired) electrons. The van der Waals surface area contributed by atoms with Crippen LogP contribution in [0.3, 0.4) is 0 Å². The highest BCUT2D eigenvalue weighted by atomic mass is 35.5. The van der Waals surface area contributed by atoms with E-state index in [0.29, 0.717) is 10.2 Å². The summed E-state index contributed by atoms with van der Waals surface area (Å²) in [6.07, 6.45) is 2.99. The molecule has 1 N–H and O–H groups in total. The maximum atomic E-state index is 12.0. The van der Waals surface area contributed by atoms with Crippen molar-refractivity contribution in [3.8, 4) is 0 Å². The van der Waals surface area contributed by atoms with Crippen molar-refractivity contribution in [3.05, 3.63) is 47.0 Å². The summed E-state index contributed by atoms with van der Waals surface area (Å²) in [7, 11) is 0. The van der Waals surface area contributed by atoms with E-state index < -0.39 is 0 Å². The first-order valence-electron chi connectivity index (χ1n) is 5.78. The molecule has 2 heterocycles. The molecular weight excluding hydrogens is 296 g/mol. The normalized spacial score (nSPS) is 10.7. The molecule has 1 amide bonds. The number of thiazole rings is 1. The summed E-state index contributed by atoms with van der Waals surface area (Å²) in [6.45, 7) is 1.81. The van der Waals surface area contributed by atoms with Crippen LogP contribution in [-0.2, 0) is 0 Å². The van der Waals surface area contributed by atoms with Crippen LogP contribution in [-0.4, -0.2) is 20.9 Å². The van der Waals surface area contributed by atoms with Crippen LogP contribution in [0.25, 0.3) is 10.2 Å². The predicted molar refractivity (Wildman–Crippen MR) is 79.4 cm³/mol. The second-order valence-corrected chi connectivity index (χ2v) is 5.60. The summed E-state index contributed by atoms with van der Waals surface area (Å²) in [5, 5.41) is 3.86. The number of aryl methyl sites for hydroxylation is 1. The molecule has 0 saturated carbocycles. The van der Waals surface area contributed by atoms with Crippen molar-refractivity contribution in [1.29, 1.82) is 0 Å². The van der Waals surface area contributed by atoms with Crippen LogP contribution in [0.4, 0.5) is 5.13 Å². The molecule has 3 aromatic rings. The standard InChI is InChI=1S/C13H9ClN4OS/c1-7-5-16-10(6-15-7)12(19)18-13-17-9-3-2-8(14)4-11(9)20-13/h2-6H,1H3,(H,17,18,19). The molecule has 5 nitrogen and oxygen atoms in total. The lowest BCUT2D eigenvalue weighted by molar-refractivity contribution is 0.102. The Labute approximate surface area is 123 Å². The molecule has 0 aliphatic rings. The molecular formula is C13H9ClN4OS. The van der Waals surface area contributed by atoms with Crippen molar-refractivity contribution in [2.24, 2.45) is 0 Å². The topological polar surface area (TPSA) is 67.8 Å². The molecule has 0 aliphatic carbocycles. The highest BCUT2D eigenvalue weighted by Crippen LogP contribution is 2.28. The number of amides is 1. The van der Waals surface area contributed by atoms with Crippen molar-refractivity contribution in [3.63, 3.8) is 0 Å². The number of carbonyl (C=O) groups is 1. The molecule has 0 spiro atoms. The number of halogens is 1. The van der Waals surface area contributed by atoms with Gasteiger partial charge in [0.1, 0.15) is 5.69 Å². The molecule has 100 valence electrons. The van der Waals surface area contributed by atoms with Gasteiger partial charge in [0, 0.05) is 11.2 Å². The van der Waals surface area contributed by atoms with E-state index in [2.05, 4.69) is 20.3 Å². The van der Waals surface area contributed by atoms with Crippen molar-refractivity contribution in [1.82, 2.24) is 15.0 Å². The van der Waals surface area contributed by atoms with Gasteiger partial charge in [-0.1, -0.05) is 22.9 Å². The number of hydrogen-bond acceptors (Lipinski definition) is 5. The molecule has 20 heavy (non-hydrogen) atoms. The number of hydrogen-bond donors (Lipinski definition) is 1. The van der Waals surface area contributed by atoms with E-state index >= 15 is 0 Å². The van der Waals surface area contributed by atoms with E-state index in [9.17, 15) is 4.79 Å². The summed E-state index contributed by atoms with van der Waals surface area (Å²) in [4.78, 5) is 24.4. The van der Waals surface area contributed by atoms with Gasteiger partial charge in [0.2, 0.25) is 0 Å². The molecule has 1 aromatic carbocycles. The molecule has 0 fully saturated rings. The van der Waals surface area contributed by atoms with Gasteiger partial charge in [-0.15, -0.1) is 0 Å². The lowest BCUT2D eigenvalue weighted by atomic mass is 10.3. The van der Waals surface area contributed by atoms with Crippen molar-refractivity contribution in [2.75, 3.05) is 5.32 Å². The van der Waals surface area contributed by atoms with E-state index in [-0.39, 0.29) is 11.6 Å². The zero-order valence-electron chi connectivity index (χ0n) is 10.4. The number of nitrogens with zero attached hydrogens (tertiary/aromatic N) is 3. The Balaban J connectivity index is 1.85. The predicted octanol–water partition coefficient (Wildman–Crippen LogP) is 3.30. The monoisotopic (exact) mass is 304 g/mol. The third-order valence-electron chi connectivity index (χ3n) is 2.58. The van der Waals surface area contributed by atoms with Gasteiger partial charge in [0.25, 0.3) is 5.91 Å².